The fourth-order valence-electron chi connectivity index (χ4n) is 4.07. The Labute approximate surface area is 130 Å². The highest BCUT2D eigenvalue weighted by Gasteiger charge is 2.65. The van der Waals surface area contributed by atoms with Gasteiger partial charge in [0.25, 0.3) is 0 Å². The second-order valence-electron chi connectivity index (χ2n) is 6.88. The number of hydrogen-bond donors (Lipinski definition) is 1. The first-order valence-electron chi connectivity index (χ1n) is 7.29. The van der Waals surface area contributed by atoms with Crippen molar-refractivity contribution in [2.45, 2.75) is 39.7 Å². The van der Waals surface area contributed by atoms with Crippen LogP contribution in [0.1, 0.15) is 38.7 Å². The third kappa shape index (κ3) is 2.37. The van der Waals surface area contributed by atoms with E-state index in [9.17, 15) is 13.2 Å². The predicted octanol–water partition coefficient (Wildman–Crippen LogP) is 2.56. The number of rotatable bonds is 5. The van der Waals surface area contributed by atoms with Crippen molar-refractivity contribution in [3.8, 4) is 0 Å². The van der Waals surface area contributed by atoms with E-state index < -0.39 is 15.4 Å². The quantitative estimate of drug-likeness (QED) is 0.904. The van der Waals surface area contributed by atoms with Gasteiger partial charge in [0, 0.05) is 18.4 Å². The number of carbonyl (C=O) groups excluding carboxylic acids is 1. The summed E-state index contributed by atoms with van der Waals surface area (Å²) >= 11 is 1.54. The van der Waals surface area contributed by atoms with E-state index in [2.05, 4.69) is 18.6 Å². The topological polar surface area (TPSA) is 63.2 Å². The highest BCUT2D eigenvalue weighted by atomic mass is 32.2. The zero-order chi connectivity index (χ0) is 15.3. The summed E-state index contributed by atoms with van der Waals surface area (Å²) in [6.45, 7) is 4.42. The molecule has 2 saturated carbocycles. The van der Waals surface area contributed by atoms with Crippen molar-refractivity contribution in [2.24, 2.45) is 16.7 Å². The number of fused-ring (bicyclic) bond motifs is 2. The van der Waals surface area contributed by atoms with E-state index in [1.807, 2.05) is 16.8 Å². The van der Waals surface area contributed by atoms with E-state index >= 15 is 0 Å². The number of sulfonamides is 1. The first-order chi connectivity index (χ1) is 9.77. The van der Waals surface area contributed by atoms with E-state index in [4.69, 9.17) is 0 Å². The van der Waals surface area contributed by atoms with Crippen LogP contribution in [-0.4, -0.2) is 20.0 Å². The Balaban J connectivity index is 1.77. The van der Waals surface area contributed by atoms with Crippen LogP contribution in [0.5, 0.6) is 0 Å². The molecule has 0 radical (unpaired) electrons. The SMILES string of the molecule is CC1(C)C2CCC1(CS(=O)(=O)NCc1ccsc1)C(=O)C2. The molecule has 0 aromatic carbocycles. The maximum atomic E-state index is 12.4. The molecular weight excluding hydrogens is 306 g/mol. The van der Waals surface area contributed by atoms with Gasteiger partial charge in [-0.15, -0.1) is 0 Å². The lowest BCUT2D eigenvalue weighted by atomic mass is 9.70. The fraction of sp³-hybridized carbons (Fsp3) is 0.667. The van der Waals surface area contributed by atoms with Gasteiger partial charge in [-0.2, -0.15) is 11.3 Å². The van der Waals surface area contributed by atoms with Gasteiger partial charge in [-0.25, -0.2) is 13.1 Å². The van der Waals surface area contributed by atoms with Crippen molar-refractivity contribution >= 4 is 27.1 Å². The van der Waals surface area contributed by atoms with Crippen LogP contribution in [0, 0.1) is 16.7 Å². The molecule has 1 heterocycles. The van der Waals surface area contributed by atoms with Gasteiger partial charge in [0.15, 0.2) is 0 Å². The van der Waals surface area contributed by atoms with Crippen LogP contribution in [0.2, 0.25) is 0 Å². The lowest BCUT2D eigenvalue weighted by Crippen LogP contribution is -2.45. The van der Waals surface area contributed by atoms with Crippen molar-refractivity contribution in [3.63, 3.8) is 0 Å². The Morgan fingerprint density at radius 3 is 2.71 bits per heavy atom. The number of ketones is 1. The number of hydrogen-bond acceptors (Lipinski definition) is 4. The Hall–Kier alpha value is -0.720. The first-order valence-corrected chi connectivity index (χ1v) is 9.88. The largest absolute Gasteiger partial charge is 0.299 e. The summed E-state index contributed by atoms with van der Waals surface area (Å²) in [6, 6.07) is 1.90. The van der Waals surface area contributed by atoms with Crippen molar-refractivity contribution < 1.29 is 13.2 Å². The monoisotopic (exact) mass is 327 g/mol. The number of carbonyl (C=O) groups is 1. The number of nitrogens with one attached hydrogen (secondary N) is 1. The highest BCUT2D eigenvalue weighted by Crippen LogP contribution is 2.64. The number of thiophene rings is 1. The maximum absolute atomic E-state index is 12.4. The molecule has 2 bridgehead atoms. The first kappa shape index (κ1) is 15.2. The maximum Gasteiger partial charge on any atom is 0.212 e. The Bertz CT molecular complexity index is 648. The highest BCUT2D eigenvalue weighted by molar-refractivity contribution is 7.89. The molecule has 2 unspecified atom stereocenters. The van der Waals surface area contributed by atoms with Crippen molar-refractivity contribution in [2.75, 3.05) is 5.75 Å². The summed E-state index contributed by atoms with van der Waals surface area (Å²) in [7, 11) is -3.46. The molecule has 0 amide bonds. The molecule has 0 aliphatic heterocycles. The summed E-state index contributed by atoms with van der Waals surface area (Å²) in [5.41, 5.74) is 0.0710. The summed E-state index contributed by atoms with van der Waals surface area (Å²) in [5.74, 6) is 0.425. The Morgan fingerprint density at radius 1 is 1.43 bits per heavy atom. The van der Waals surface area contributed by atoms with Crippen LogP contribution in [0.3, 0.4) is 0 Å². The van der Waals surface area contributed by atoms with Crippen LogP contribution in [0.15, 0.2) is 16.8 Å². The van der Waals surface area contributed by atoms with E-state index in [0.29, 0.717) is 25.3 Å². The standard InChI is InChI=1S/C15H21NO3S2/c1-14(2)12-3-5-15(14,13(17)7-12)10-21(18,19)16-8-11-4-6-20-9-11/h4,6,9,12,16H,3,5,7-8,10H2,1-2H3. The van der Waals surface area contributed by atoms with Crippen LogP contribution in [0.25, 0.3) is 0 Å². The lowest BCUT2D eigenvalue weighted by molar-refractivity contribution is -0.128. The molecule has 2 atom stereocenters. The predicted molar refractivity (Wildman–Crippen MR) is 83.5 cm³/mol. The van der Waals surface area contributed by atoms with Crippen molar-refractivity contribution in [1.82, 2.24) is 4.72 Å². The third-order valence-corrected chi connectivity index (χ3v) is 7.84. The van der Waals surface area contributed by atoms with E-state index in [1.54, 1.807) is 11.3 Å². The van der Waals surface area contributed by atoms with E-state index in [-0.39, 0.29) is 17.0 Å². The summed E-state index contributed by atoms with van der Waals surface area (Å²) in [5, 5.41) is 3.85. The zero-order valence-corrected chi connectivity index (χ0v) is 14.0. The molecule has 1 N–H and O–H groups in total. The molecule has 2 fully saturated rings. The molecule has 4 nitrogen and oxygen atoms in total. The van der Waals surface area contributed by atoms with E-state index in [0.717, 1.165) is 12.0 Å². The molecule has 21 heavy (non-hydrogen) atoms. The van der Waals surface area contributed by atoms with Crippen LogP contribution >= 0.6 is 11.3 Å². The molecule has 1 aromatic heterocycles. The van der Waals surface area contributed by atoms with Crippen LogP contribution in [0.4, 0.5) is 0 Å². The van der Waals surface area contributed by atoms with Crippen LogP contribution in [-0.2, 0) is 21.4 Å². The Kier molecular flexibility index (Phi) is 3.54. The molecule has 2 aliphatic carbocycles. The molecule has 6 heteroatoms. The van der Waals surface area contributed by atoms with Gasteiger partial charge >= 0.3 is 0 Å². The minimum absolute atomic E-state index is 0.0630. The van der Waals surface area contributed by atoms with Crippen molar-refractivity contribution in [1.29, 1.82) is 0 Å². The van der Waals surface area contributed by atoms with Gasteiger partial charge in [0.05, 0.1) is 5.75 Å². The van der Waals surface area contributed by atoms with Gasteiger partial charge in [0.1, 0.15) is 5.78 Å². The zero-order valence-electron chi connectivity index (χ0n) is 12.4. The Morgan fingerprint density at radius 2 is 2.19 bits per heavy atom. The minimum atomic E-state index is -3.46. The van der Waals surface area contributed by atoms with Gasteiger partial charge in [-0.1, -0.05) is 13.8 Å². The summed E-state index contributed by atoms with van der Waals surface area (Å²) < 4.78 is 27.5. The number of Topliss-reactive ketones (excluding diaryl/α,β-unsaturated/α-hetero) is 1. The molecule has 2 aliphatic rings. The average Bonchev–Trinajstić information content (AvgIpc) is 3.02. The second kappa shape index (κ2) is 4.89. The van der Waals surface area contributed by atoms with Gasteiger partial charge < -0.3 is 0 Å². The smallest absolute Gasteiger partial charge is 0.212 e. The van der Waals surface area contributed by atoms with Crippen LogP contribution < -0.4 is 4.72 Å². The third-order valence-electron chi connectivity index (χ3n) is 5.65. The molecule has 1 aromatic rings. The molecule has 0 saturated heterocycles. The minimum Gasteiger partial charge on any atom is -0.299 e. The normalized spacial score (nSPS) is 31.0. The molecule has 3 rings (SSSR count). The van der Waals surface area contributed by atoms with Gasteiger partial charge in [-0.05, 0) is 46.6 Å². The molecule has 116 valence electrons. The second-order valence-corrected chi connectivity index (χ2v) is 9.47. The molecular formula is C15H21NO3S2. The lowest BCUT2D eigenvalue weighted by Gasteiger charge is -2.36. The van der Waals surface area contributed by atoms with Gasteiger partial charge in [0.2, 0.25) is 10.0 Å². The van der Waals surface area contributed by atoms with Gasteiger partial charge in [-0.3, -0.25) is 4.79 Å². The fourth-order valence-corrected chi connectivity index (χ4v) is 6.55. The molecule has 0 spiro atoms. The van der Waals surface area contributed by atoms with E-state index in [1.165, 1.54) is 0 Å². The average molecular weight is 327 g/mol. The summed E-state index contributed by atoms with van der Waals surface area (Å²) in [4.78, 5) is 12.4. The van der Waals surface area contributed by atoms with Crippen molar-refractivity contribution in [3.05, 3.63) is 22.4 Å². The summed E-state index contributed by atoms with van der Waals surface area (Å²) in [6.07, 6.45) is 2.23.